The van der Waals surface area contributed by atoms with Gasteiger partial charge in [0.05, 0.1) is 22.7 Å². The normalized spacial score (nSPS) is 12.1. The summed E-state index contributed by atoms with van der Waals surface area (Å²) in [6.07, 6.45) is 0. The Morgan fingerprint density at radius 2 is 0.326 bits per heavy atom. The van der Waals surface area contributed by atoms with Gasteiger partial charge in [-0.2, -0.15) is 0 Å². The first-order valence-electron chi connectivity index (χ1n) is 30.3. The fourth-order valence-electron chi connectivity index (χ4n) is 14.1. The fourth-order valence-corrected chi connectivity index (χ4v) is 20.3. The summed E-state index contributed by atoms with van der Waals surface area (Å²) < 4.78 is 10.1. The molecule has 0 aliphatic heterocycles. The minimum absolute atomic E-state index is 1.08. The fraction of sp³-hybridized carbons (Fsp3) is 0. The average molecular weight is 1320 g/mol. The zero-order chi connectivity index (χ0) is 60.1. The van der Waals surface area contributed by atoms with Gasteiger partial charge in [-0.15, -0.1) is 90.7 Å². The SMILES string of the molecule is c1cc2cc(N(c3ccc4sccc4c3)c3cc(N(c4ccc5sccc5c4)c4ccc5sccc5c4)c4ccc5c(N(c6ccc7sccc7c6)c6ccc7sccc7c6)cc(N(c6ccc7sccc7c6)c6ccc7sccc7c6)c6ccc3c4c65)ccc2s1. The van der Waals surface area contributed by atoms with Crippen molar-refractivity contribution in [1.82, 2.24) is 0 Å². The molecule has 0 bridgehead atoms. The smallest absolute Gasteiger partial charge is 0.0561 e. The predicted molar refractivity (Wildman–Crippen MR) is 412 cm³/mol. The number of thiophene rings is 8. The molecule has 0 saturated carbocycles. The standard InChI is InChI=1S/C80H46N4S8/c1-13-71-47(21-29-85-71)37-55(1)81(56-2-14-72-48(38-56)22-30-86-72)67-45-68(82(57-3-15-73-49(39-57)23-31-87-73)58-4-16-74-50(40-58)24-32-88-74)64-11-12-66-70(84(61-7-19-77-53(43-61)27-35-91-77)62-8-20-78-54(44-62)28-36-92-78)46-69(65-10-9-63(67)79(64)80(65)66)83(59-5-17-75-51(41-59)25-33-89-75)60-6-18-76-52(42-60)26-34-90-76/h1-46H. The van der Waals surface area contributed by atoms with E-state index in [0.29, 0.717) is 0 Å². The van der Waals surface area contributed by atoms with Crippen molar-refractivity contribution >= 4 is 272 Å². The van der Waals surface area contributed by atoms with Crippen LogP contribution in [0.1, 0.15) is 0 Å². The molecular weight excluding hydrogens is 1270 g/mol. The molecule has 0 aliphatic carbocycles. The lowest BCUT2D eigenvalue weighted by Crippen LogP contribution is -2.16. The maximum Gasteiger partial charge on any atom is 0.0561 e. The second-order valence-electron chi connectivity index (χ2n) is 23.4. The van der Waals surface area contributed by atoms with Gasteiger partial charge in [-0.05, 0) is 292 Å². The van der Waals surface area contributed by atoms with Crippen LogP contribution in [-0.4, -0.2) is 0 Å². The van der Waals surface area contributed by atoms with E-state index in [9.17, 15) is 0 Å². The van der Waals surface area contributed by atoms with Crippen LogP contribution in [0.4, 0.5) is 68.2 Å². The van der Waals surface area contributed by atoms with E-state index in [-0.39, 0.29) is 0 Å². The van der Waals surface area contributed by atoms with E-state index in [1.165, 1.54) is 91.5 Å². The highest BCUT2D eigenvalue weighted by Crippen LogP contribution is 2.56. The van der Waals surface area contributed by atoms with Crippen molar-refractivity contribution in [2.45, 2.75) is 0 Å². The van der Waals surface area contributed by atoms with Crippen LogP contribution < -0.4 is 19.6 Å². The van der Waals surface area contributed by atoms with E-state index in [1.807, 2.05) is 0 Å². The lowest BCUT2D eigenvalue weighted by Gasteiger charge is -2.34. The zero-order valence-corrected chi connectivity index (χ0v) is 55.1. The van der Waals surface area contributed by atoms with Gasteiger partial charge >= 0.3 is 0 Å². The largest absolute Gasteiger partial charge is 0.310 e. The maximum atomic E-state index is 2.55. The molecule has 0 saturated heterocycles. The minimum atomic E-state index is 1.08. The van der Waals surface area contributed by atoms with Crippen molar-refractivity contribution in [3.63, 3.8) is 0 Å². The first kappa shape index (κ1) is 53.2. The Labute approximate surface area is 560 Å². The van der Waals surface area contributed by atoms with Gasteiger partial charge in [0.25, 0.3) is 0 Å². The van der Waals surface area contributed by atoms with Gasteiger partial charge in [0, 0.05) is 115 Å². The predicted octanol–water partition coefficient (Wildman–Crippen LogP) is 28.2. The van der Waals surface area contributed by atoms with Crippen LogP contribution in [0.15, 0.2) is 274 Å². The molecule has 0 fully saturated rings. The van der Waals surface area contributed by atoms with Gasteiger partial charge in [-0.1, -0.05) is 24.3 Å². The first-order chi connectivity index (χ1) is 45.5. The Hall–Kier alpha value is -9.44. The summed E-state index contributed by atoms with van der Waals surface area (Å²) in [6, 6.07) is 89.2. The molecule has 0 amide bonds. The summed E-state index contributed by atoms with van der Waals surface area (Å²) in [4.78, 5) is 10.2. The Balaban J connectivity index is 0.972. The van der Waals surface area contributed by atoms with Crippen LogP contribution in [0, 0.1) is 0 Å². The Kier molecular flexibility index (Phi) is 12.2. The summed E-state index contributed by atoms with van der Waals surface area (Å²) >= 11 is 14.3. The third-order valence-electron chi connectivity index (χ3n) is 18.3. The molecule has 434 valence electrons. The first-order valence-corrected chi connectivity index (χ1v) is 37.3. The molecule has 0 radical (unpaired) electrons. The summed E-state index contributed by atoms with van der Waals surface area (Å²) in [5, 5.41) is 34.5. The molecule has 4 nitrogen and oxygen atoms in total. The highest BCUT2D eigenvalue weighted by Gasteiger charge is 2.30. The zero-order valence-electron chi connectivity index (χ0n) is 48.6. The maximum absolute atomic E-state index is 2.55. The average Bonchev–Trinajstić information content (AvgIpc) is 0.812. The topological polar surface area (TPSA) is 13.0 Å². The molecule has 20 aromatic rings. The van der Waals surface area contributed by atoms with Crippen LogP contribution in [-0.2, 0) is 0 Å². The summed E-state index contributed by atoms with van der Waals surface area (Å²) in [5.74, 6) is 0. The monoisotopic (exact) mass is 1320 g/mol. The van der Waals surface area contributed by atoms with E-state index in [2.05, 4.69) is 293 Å². The van der Waals surface area contributed by atoms with E-state index in [1.54, 1.807) is 90.7 Å². The van der Waals surface area contributed by atoms with Crippen LogP contribution in [0.25, 0.3) is 113 Å². The minimum Gasteiger partial charge on any atom is -0.310 e. The Morgan fingerprint density at radius 3 is 0.489 bits per heavy atom. The number of nitrogens with zero attached hydrogens (tertiary/aromatic N) is 4. The number of hydrogen-bond donors (Lipinski definition) is 0. The van der Waals surface area contributed by atoms with Crippen molar-refractivity contribution in [3.8, 4) is 0 Å². The van der Waals surface area contributed by atoms with Gasteiger partial charge in [0.15, 0.2) is 0 Å². The molecule has 8 heterocycles. The molecule has 0 aliphatic rings. The molecule has 20 rings (SSSR count). The van der Waals surface area contributed by atoms with Crippen molar-refractivity contribution in [1.29, 1.82) is 0 Å². The molecule has 12 aromatic carbocycles. The van der Waals surface area contributed by atoms with E-state index < -0.39 is 0 Å². The van der Waals surface area contributed by atoms with Gasteiger partial charge in [0.2, 0.25) is 0 Å². The molecule has 92 heavy (non-hydrogen) atoms. The molecule has 0 N–H and O–H groups in total. The van der Waals surface area contributed by atoms with Crippen molar-refractivity contribution in [2.75, 3.05) is 19.6 Å². The number of hydrogen-bond acceptors (Lipinski definition) is 12. The van der Waals surface area contributed by atoms with E-state index in [4.69, 9.17) is 0 Å². The van der Waals surface area contributed by atoms with Gasteiger partial charge in [0.1, 0.15) is 0 Å². The number of fused-ring (bicyclic) bond motifs is 8. The molecule has 12 heteroatoms. The highest BCUT2D eigenvalue weighted by molar-refractivity contribution is 7.19. The van der Waals surface area contributed by atoms with Crippen LogP contribution >= 0.6 is 90.7 Å². The van der Waals surface area contributed by atoms with Gasteiger partial charge in [-0.3, -0.25) is 0 Å². The van der Waals surface area contributed by atoms with Crippen molar-refractivity contribution in [3.05, 3.63) is 274 Å². The van der Waals surface area contributed by atoms with Crippen molar-refractivity contribution in [2.24, 2.45) is 0 Å². The second-order valence-corrected chi connectivity index (χ2v) is 31.0. The Morgan fingerprint density at radius 1 is 0.163 bits per heavy atom. The summed E-state index contributed by atoms with van der Waals surface area (Å²) in [7, 11) is 0. The third-order valence-corrected chi connectivity index (χ3v) is 25.5. The molecule has 8 aromatic heterocycles. The summed E-state index contributed by atoms with van der Waals surface area (Å²) in [6.45, 7) is 0. The molecule has 0 atom stereocenters. The number of rotatable bonds is 12. The number of benzene rings is 12. The van der Waals surface area contributed by atoms with Gasteiger partial charge in [-0.25, -0.2) is 0 Å². The van der Waals surface area contributed by atoms with E-state index in [0.717, 1.165) is 89.8 Å². The lowest BCUT2D eigenvalue weighted by atomic mass is 9.89. The third kappa shape index (κ3) is 8.53. The van der Waals surface area contributed by atoms with Crippen LogP contribution in [0.3, 0.4) is 0 Å². The summed E-state index contributed by atoms with van der Waals surface area (Å²) in [5.41, 5.74) is 13.1. The molecule has 0 spiro atoms. The molecular formula is C80H46N4S8. The number of anilines is 12. The lowest BCUT2D eigenvalue weighted by molar-refractivity contribution is 1.28. The van der Waals surface area contributed by atoms with Gasteiger partial charge < -0.3 is 19.6 Å². The Bertz CT molecular complexity index is 5250. The highest BCUT2D eigenvalue weighted by atomic mass is 32.1. The van der Waals surface area contributed by atoms with Crippen LogP contribution in [0.5, 0.6) is 0 Å². The van der Waals surface area contributed by atoms with Crippen LogP contribution in [0.2, 0.25) is 0 Å². The second kappa shape index (κ2) is 21.1. The quantitative estimate of drug-likeness (QED) is 0.113. The molecule has 0 unspecified atom stereocenters. The van der Waals surface area contributed by atoms with E-state index >= 15 is 0 Å². The van der Waals surface area contributed by atoms with Crippen molar-refractivity contribution < 1.29 is 0 Å².